The Balaban J connectivity index is 0.00000243. The van der Waals surface area contributed by atoms with Crippen LogP contribution >= 0.6 is 24.0 Å². The molecule has 9 heteroatoms. The van der Waals surface area contributed by atoms with Crippen molar-refractivity contribution in [3.05, 3.63) is 29.8 Å². The molecule has 0 unspecified atom stereocenters. The fourth-order valence-corrected chi connectivity index (χ4v) is 4.92. The number of nitrogens with two attached hydrogens (primary N) is 1. The molecule has 2 fully saturated rings. The van der Waals surface area contributed by atoms with E-state index in [0.717, 1.165) is 19.3 Å². The van der Waals surface area contributed by atoms with Gasteiger partial charge in [0.1, 0.15) is 0 Å². The molecule has 26 heavy (non-hydrogen) atoms. The average Bonchev–Trinajstić information content (AvgIpc) is 2.67. The third-order valence-electron chi connectivity index (χ3n) is 4.65. The van der Waals surface area contributed by atoms with Crippen LogP contribution in [0.15, 0.2) is 34.2 Å². The number of ether oxygens (including phenoxy) is 1. The number of guanidine groups is 1. The number of sulfonamides is 1. The van der Waals surface area contributed by atoms with Gasteiger partial charge in [0.15, 0.2) is 5.96 Å². The predicted molar refractivity (Wildman–Crippen MR) is 112 cm³/mol. The van der Waals surface area contributed by atoms with Gasteiger partial charge in [-0.2, -0.15) is 4.31 Å². The van der Waals surface area contributed by atoms with Crippen LogP contribution in [0.25, 0.3) is 0 Å². The molecule has 0 bridgehead atoms. The van der Waals surface area contributed by atoms with Crippen molar-refractivity contribution in [1.29, 1.82) is 0 Å². The first-order chi connectivity index (χ1) is 12.1. The first kappa shape index (κ1) is 21.4. The van der Waals surface area contributed by atoms with Crippen molar-refractivity contribution in [2.75, 3.05) is 39.4 Å². The van der Waals surface area contributed by atoms with Gasteiger partial charge in [0.05, 0.1) is 24.7 Å². The molecule has 7 nitrogen and oxygen atoms in total. The molecule has 3 rings (SSSR count). The summed E-state index contributed by atoms with van der Waals surface area (Å²) in [6, 6.07) is 7.08. The summed E-state index contributed by atoms with van der Waals surface area (Å²) >= 11 is 0. The summed E-state index contributed by atoms with van der Waals surface area (Å²) in [5, 5.41) is 0. The van der Waals surface area contributed by atoms with Crippen molar-refractivity contribution in [3.8, 4) is 0 Å². The van der Waals surface area contributed by atoms with Gasteiger partial charge in [-0.05, 0) is 24.5 Å². The molecule has 2 N–H and O–H groups in total. The van der Waals surface area contributed by atoms with Crippen molar-refractivity contribution >= 4 is 40.0 Å². The Kier molecular flexibility index (Phi) is 8.11. The SMILES string of the molecule is I.NC(=NCc1ccccc1S(=O)(=O)N1CCCCC1)N1CCOCC1. The van der Waals surface area contributed by atoms with E-state index in [9.17, 15) is 8.42 Å². The van der Waals surface area contributed by atoms with E-state index in [-0.39, 0.29) is 30.5 Å². The lowest BCUT2D eigenvalue weighted by Crippen LogP contribution is -2.44. The number of nitrogens with zero attached hydrogens (tertiary/aromatic N) is 3. The number of piperidine rings is 1. The average molecular weight is 494 g/mol. The van der Waals surface area contributed by atoms with E-state index >= 15 is 0 Å². The van der Waals surface area contributed by atoms with Gasteiger partial charge in [-0.15, -0.1) is 24.0 Å². The summed E-state index contributed by atoms with van der Waals surface area (Å²) in [4.78, 5) is 6.73. The third kappa shape index (κ3) is 5.08. The second-order valence-corrected chi connectivity index (χ2v) is 8.25. The van der Waals surface area contributed by atoms with E-state index in [1.165, 1.54) is 0 Å². The topological polar surface area (TPSA) is 88.2 Å². The number of morpholine rings is 1. The van der Waals surface area contributed by atoms with Crippen molar-refractivity contribution in [1.82, 2.24) is 9.21 Å². The Morgan fingerprint density at radius 2 is 1.73 bits per heavy atom. The van der Waals surface area contributed by atoms with E-state index in [2.05, 4.69) is 4.99 Å². The van der Waals surface area contributed by atoms with Gasteiger partial charge in [-0.1, -0.05) is 24.6 Å². The first-order valence-corrected chi connectivity index (χ1v) is 10.2. The fraction of sp³-hybridized carbons (Fsp3) is 0.588. The van der Waals surface area contributed by atoms with E-state index < -0.39 is 10.0 Å². The normalized spacial score (nSPS) is 19.8. The predicted octanol–water partition coefficient (Wildman–Crippen LogP) is 1.63. The molecule has 0 atom stereocenters. The molecule has 1 aromatic carbocycles. The van der Waals surface area contributed by atoms with E-state index in [1.54, 1.807) is 16.4 Å². The van der Waals surface area contributed by atoms with Crippen LogP contribution in [-0.4, -0.2) is 63.0 Å². The molecule has 1 aromatic rings. The third-order valence-corrected chi connectivity index (χ3v) is 6.65. The zero-order chi connectivity index (χ0) is 17.7. The molecule has 0 aromatic heterocycles. The van der Waals surface area contributed by atoms with Gasteiger partial charge in [0, 0.05) is 26.2 Å². The van der Waals surface area contributed by atoms with Gasteiger partial charge in [0.25, 0.3) is 0 Å². The Labute approximate surface area is 172 Å². The van der Waals surface area contributed by atoms with Crippen LogP contribution in [0.4, 0.5) is 0 Å². The Bertz CT molecular complexity index is 714. The molecular weight excluding hydrogens is 467 g/mol. The molecule has 0 saturated carbocycles. The maximum absolute atomic E-state index is 13.0. The number of benzene rings is 1. The Hall–Kier alpha value is -0.910. The highest BCUT2D eigenvalue weighted by atomic mass is 127. The van der Waals surface area contributed by atoms with Gasteiger partial charge in [-0.25, -0.2) is 13.4 Å². The second-order valence-electron chi connectivity index (χ2n) is 6.35. The molecule has 0 amide bonds. The molecule has 2 aliphatic heterocycles. The number of aliphatic imine (C=N–C) groups is 1. The fourth-order valence-electron chi connectivity index (χ4n) is 3.19. The summed E-state index contributed by atoms with van der Waals surface area (Å²) in [6.45, 7) is 4.14. The van der Waals surface area contributed by atoms with Gasteiger partial charge in [0.2, 0.25) is 10.0 Å². The lowest BCUT2D eigenvalue weighted by Gasteiger charge is -2.28. The first-order valence-electron chi connectivity index (χ1n) is 8.80. The quantitative estimate of drug-likeness (QED) is 0.391. The highest BCUT2D eigenvalue weighted by Crippen LogP contribution is 2.24. The largest absolute Gasteiger partial charge is 0.378 e. The van der Waals surface area contributed by atoms with Crippen molar-refractivity contribution < 1.29 is 13.2 Å². The summed E-state index contributed by atoms with van der Waals surface area (Å²) < 4.78 is 32.8. The zero-order valence-electron chi connectivity index (χ0n) is 14.8. The Morgan fingerprint density at radius 1 is 1.08 bits per heavy atom. The van der Waals surface area contributed by atoms with E-state index in [4.69, 9.17) is 10.5 Å². The lowest BCUT2D eigenvalue weighted by atomic mass is 10.2. The smallest absolute Gasteiger partial charge is 0.243 e. The highest BCUT2D eigenvalue weighted by Gasteiger charge is 2.27. The van der Waals surface area contributed by atoms with Gasteiger partial charge < -0.3 is 15.4 Å². The summed E-state index contributed by atoms with van der Waals surface area (Å²) in [5.41, 5.74) is 6.74. The molecule has 2 aliphatic rings. The standard InChI is InChI=1S/C17H26N4O3S.HI/c18-17(20-10-12-24-13-11-20)19-14-15-6-2-3-7-16(15)25(22,23)21-8-4-1-5-9-21;/h2-3,6-7H,1,4-5,8-14H2,(H2,18,19);1H. The van der Waals surface area contributed by atoms with Crippen molar-refractivity contribution in [2.45, 2.75) is 30.7 Å². The van der Waals surface area contributed by atoms with Crippen LogP contribution < -0.4 is 5.73 Å². The second kappa shape index (κ2) is 9.86. The van der Waals surface area contributed by atoms with Gasteiger partial charge in [-0.3, -0.25) is 0 Å². The molecule has 0 aliphatic carbocycles. The minimum atomic E-state index is -3.48. The van der Waals surface area contributed by atoms with Crippen molar-refractivity contribution in [3.63, 3.8) is 0 Å². The van der Waals surface area contributed by atoms with E-state index in [1.807, 2.05) is 17.0 Å². The highest BCUT2D eigenvalue weighted by molar-refractivity contribution is 14.0. The molecule has 2 heterocycles. The van der Waals surface area contributed by atoms with E-state index in [0.29, 0.717) is 55.8 Å². The van der Waals surface area contributed by atoms with Crippen LogP contribution in [0.3, 0.4) is 0 Å². The maximum Gasteiger partial charge on any atom is 0.243 e. The van der Waals surface area contributed by atoms with Crippen LogP contribution in [0.2, 0.25) is 0 Å². The summed E-state index contributed by atoms with van der Waals surface area (Å²) in [6.07, 6.45) is 2.93. The van der Waals surface area contributed by atoms with Crippen LogP contribution in [0.1, 0.15) is 24.8 Å². The molecule has 2 saturated heterocycles. The minimum Gasteiger partial charge on any atom is -0.378 e. The summed E-state index contributed by atoms with van der Waals surface area (Å²) in [5.74, 6) is 0.438. The summed E-state index contributed by atoms with van der Waals surface area (Å²) in [7, 11) is -3.48. The molecular formula is C17H27IN4O3S. The number of hydrogen-bond donors (Lipinski definition) is 1. The Morgan fingerprint density at radius 3 is 2.42 bits per heavy atom. The number of halogens is 1. The zero-order valence-corrected chi connectivity index (χ0v) is 18.0. The molecule has 0 spiro atoms. The number of rotatable bonds is 4. The number of hydrogen-bond acceptors (Lipinski definition) is 4. The van der Waals surface area contributed by atoms with Crippen LogP contribution in [0, 0.1) is 0 Å². The monoisotopic (exact) mass is 494 g/mol. The minimum absolute atomic E-state index is 0. The maximum atomic E-state index is 13.0. The molecule has 0 radical (unpaired) electrons. The van der Waals surface area contributed by atoms with Crippen LogP contribution in [-0.2, 0) is 21.3 Å². The molecule has 146 valence electrons. The van der Waals surface area contributed by atoms with Crippen molar-refractivity contribution in [2.24, 2.45) is 10.7 Å². The van der Waals surface area contributed by atoms with Gasteiger partial charge >= 0.3 is 0 Å². The lowest BCUT2D eigenvalue weighted by molar-refractivity contribution is 0.0674. The van der Waals surface area contributed by atoms with Crippen LogP contribution in [0.5, 0.6) is 0 Å².